The van der Waals surface area contributed by atoms with E-state index in [1.54, 1.807) is 0 Å². The second-order valence-corrected chi connectivity index (χ2v) is 6.51. The molecule has 3 aromatic rings. The zero-order chi connectivity index (χ0) is 17.1. The van der Waals surface area contributed by atoms with Crippen molar-refractivity contribution in [1.29, 1.82) is 0 Å². The Kier molecular flexibility index (Phi) is 4.81. The van der Waals surface area contributed by atoms with Crippen LogP contribution < -0.4 is 10.9 Å². The molecule has 3 heteroatoms. The fraction of sp³-hybridized carbons (Fsp3) is 0.286. The van der Waals surface area contributed by atoms with Crippen LogP contribution in [0.15, 0.2) is 47.3 Å². The lowest BCUT2D eigenvalue weighted by Crippen LogP contribution is -2.23. The second-order valence-electron chi connectivity index (χ2n) is 6.51. The molecule has 0 aliphatic carbocycles. The Bertz CT molecular complexity index is 908. The van der Waals surface area contributed by atoms with Gasteiger partial charge in [0.15, 0.2) is 0 Å². The van der Waals surface area contributed by atoms with Gasteiger partial charge in [-0.2, -0.15) is 0 Å². The standard InChI is InChI=1S/C21H24N2O/c1-14-4-7-17(8-5-14)10-11-22-13-19-12-18-9-6-15(2)16(3)20(18)23-21(19)24/h4-9,12,22H,10-11,13H2,1-3H3,(H,23,24). The minimum absolute atomic E-state index is 0.000893. The van der Waals surface area contributed by atoms with Crippen molar-refractivity contribution in [2.24, 2.45) is 0 Å². The average molecular weight is 320 g/mol. The Balaban J connectivity index is 1.67. The first-order chi connectivity index (χ1) is 11.5. The summed E-state index contributed by atoms with van der Waals surface area (Å²) < 4.78 is 0. The van der Waals surface area contributed by atoms with E-state index in [1.165, 1.54) is 16.7 Å². The van der Waals surface area contributed by atoms with Gasteiger partial charge in [-0.3, -0.25) is 4.79 Å². The molecule has 0 atom stereocenters. The van der Waals surface area contributed by atoms with E-state index in [9.17, 15) is 4.79 Å². The molecule has 0 saturated carbocycles. The van der Waals surface area contributed by atoms with E-state index in [1.807, 2.05) is 13.0 Å². The van der Waals surface area contributed by atoms with E-state index in [-0.39, 0.29) is 5.56 Å². The van der Waals surface area contributed by atoms with Gasteiger partial charge in [-0.15, -0.1) is 0 Å². The van der Waals surface area contributed by atoms with Crippen molar-refractivity contribution in [2.75, 3.05) is 6.54 Å². The van der Waals surface area contributed by atoms with Crippen molar-refractivity contribution in [3.63, 3.8) is 0 Å². The highest BCUT2D eigenvalue weighted by atomic mass is 16.1. The minimum Gasteiger partial charge on any atom is -0.321 e. The molecular weight excluding hydrogens is 296 g/mol. The third-order valence-electron chi connectivity index (χ3n) is 4.65. The largest absolute Gasteiger partial charge is 0.321 e. The van der Waals surface area contributed by atoms with Gasteiger partial charge < -0.3 is 10.3 Å². The molecule has 0 unspecified atom stereocenters. The van der Waals surface area contributed by atoms with Gasteiger partial charge in [0.2, 0.25) is 0 Å². The van der Waals surface area contributed by atoms with Crippen LogP contribution in [0, 0.1) is 20.8 Å². The Morgan fingerprint density at radius 2 is 1.75 bits per heavy atom. The predicted octanol–water partition coefficient (Wildman–Crippen LogP) is 3.79. The van der Waals surface area contributed by atoms with Gasteiger partial charge in [-0.1, -0.05) is 42.0 Å². The molecule has 1 heterocycles. The van der Waals surface area contributed by atoms with Gasteiger partial charge >= 0.3 is 0 Å². The highest BCUT2D eigenvalue weighted by Crippen LogP contribution is 2.18. The summed E-state index contributed by atoms with van der Waals surface area (Å²) in [6.45, 7) is 7.65. The predicted molar refractivity (Wildman–Crippen MR) is 101 cm³/mol. The normalized spacial score (nSPS) is 11.1. The van der Waals surface area contributed by atoms with Crippen LogP contribution in [-0.4, -0.2) is 11.5 Å². The Hall–Kier alpha value is -2.39. The first kappa shape index (κ1) is 16.5. The van der Waals surface area contributed by atoms with Crippen LogP contribution in [0.25, 0.3) is 10.9 Å². The smallest absolute Gasteiger partial charge is 0.252 e. The van der Waals surface area contributed by atoms with Gasteiger partial charge in [0.05, 0.1) is 5.52 Å². The molecule has 124 valence electrons. The molecule has 3 nitrogen and oxygen atoms in total. The summed E-state index contributed by atoms with van der Waals surface area (Å²) in [5, 5.41) is 4.47. The number of hydrogen-bond acceptors (Lipinski definition) is 2. The fourth-order valence-electron chi connectivity index (χ4n) is 2.91. The Morgan fingerprint density at radius 1 is 1.00 bits per heavy atom. The van der Waals surface area contributed by atoms with Gasteiger partial charge in [-0.25, -0.2) is 0 Å². The molecule has 2 aromatic carbocycles. The van der Waals surface area contributed by atoms with E-state index >= 15 is 0 Å². The van der Waals surface area contributed by atoms with Crippen LogP contribution >= 0.6 is 0 Å². The number of aromatic nitrogens is 1. The topological polar surface area (TPSA) is 44.9 Å². The molecule has 0 amide bonds. The number of hydrogen-bond donors (Lipinski definition) is 2. The van der Waals surface area contributed by atoms with Crippen LogP contribution in [0.3, 0.4) is 0 Å². The average Bonchev–Trinajstić information content (AvgIpc) is 2.58. The summed E-state index contributed by atoms with van der Waals surface area (Å²) in [5.41, 5.74) is 6.66. The molecule has 0 fully saturated rings. The number of aryl methyl sites for hydroxylation is 3. The van der Waals surface area contributed by atoms with Crippen molar-refractivity contribution in [3.05, 3.63) is 80.6 Å². The monoisotopic (exact) mass is 320 g/mol. The van der Waals surface area contributed by atoms with Crippen LogP contribution in [0.2, 0.25) is 0 Å². The molecule has 1 aromatic heterocycles. The minimum atomic E-state index is -0.000893. The zero-order valence-electron chi connectivity index (χ0n) is 14.6. The maximum Gasteiger partial charge on any atom is 0.252 e. The number of H-pyrrole nitrogens is 1. The van der Waals surface area contributed by atoms with Crippen molar-refractivity contribution in [2.45, 2.75) is 33.7 Å². The number of rotatable bonds is 5. The molecule has 0 aliphatic rings. The Morgan fingerprint density at radius 3 is 2.50 bits per heavy atom. The lowest BCUT2D eigenvalue weighted by Gasteiger charge is -2.09. The van der Waals surface area contributed by atoms with Crippen molar-refractivity contribution < 1.29 is 0 Å². The summed E-state index contributed by atoms with van der Waals surface area (Å²) in [6.07, 6.45) is 0.962. The molecular formula is C21H24N2O. The van der Waals surface area contributed by atoms with E-state index in [2.05, 4.69) is 60.5 Å². The fourth-order valence-corrected chi connectivity index (χ4v) is 2.91. The van der Waals surface area contributed by atoms with Gasteiger partial charge in [0, 0.05) is 12.1 Å². The second kappa shape index (κ2) is 7.02. The third kappa shape index (κ3) is 3.57. The molecule has 0 radical (unpaired) electrons. The molecule has 0 saturated heterocycles. The first-order valence-corrected chi connectivity index (χ1v) is 8.43. The van der Waals surface area contributed by atoms with Crippen molar-refractivity contribution in [3.8, 4) is 0 Å². The molecule has 0 bridgehead atoms. The maximum atomic E-state index is 12.3. The van der Waals surface area contributed by atoms with Crippen LogP contribution in [0.4, 0.5) is 0 Å². The summed E-state index contributed by atoms with van der Waals surface area (Å²) in [4.78, 5) is 15.3. The van der Waals surface area contributed by atoms with E-state index in [0.717, 1.165) is 35.0 Å². The lowest BCUT2D eigenvalue weighted by molar-refractivity contribution is 0.682. The third-order valence-corrected chi connectivity index (χ3v) is 4.65. The summed E-state index contributed by atoms with van der Waals surface area (Å²) in [7, 11) is 0. The maximum absolute atomic E-state index is 12.3. The first-order valence-electron chi connectivity index (χ1n) is 8.43. The van der Waals surface area contributed by atoms with E-state index < -0.39 is 0 Å². The number of pyridine rings is 1. The quantitative estimate of drug-likeness (QED) is 0.703. The Labute approximate surface area is 142 Å². The van der Waals surface area contributed by atoms with Crippen LogP contribution in [0.5, 0.6) is 0 Å². The summed E-state index contributed by atoms with van der Waals surface area (Å²) in [6, 6.07) is 14.8. The SMILES string of the molecule is Cc1ccc(CCNCc2cc3ccc(C)c(C)c3[nH]c2=O)cc1. The van der Waals surface area contributed by atoms with Gasteiger partial charge in [0.25, 0.3) is 5.56 Å². The number of nitrogens with one attached hydrogen (secondary N) is 2. The molecule has 24 heavy (non-hydrogen) atoms. The van der Waals surface area contributed by atoms with Gasteiger partial charge in [-0.05, 0) is 61.9 Å². The van der Waals surface area contributed by atoms with Crippen molar-refractivity contribution >= 4 is 10.9 Å². The highest BCUT2D eigenvalue weighted by Gasteiger charge is 2.06. The van der Waals surface area contributed by atoms with E-state index in [4.69, 9.17) is 0 Å². The summed E-state index contributed by atoms with van der Waals surface area (Å²) >= 11 is 0. The van der Waals surface area contributed by atoms with Crippen molar-refractivity contribution in [1.82, 2.24) is 10.3 Å². The number of benzene rings is 2. The van der Waals surface area contributed by atoms with Gasteiger partial charge in [0.1, 0.15) is 0 Å². The number of fused-ring (bicyclic) bond motifs is 1. The molecule has 0 spiro atoms. The van der Waals surface area contributed by atoms with Crippen LogP contribution in [-0.2, 0) is 13.0 Å². The molecule has 3 rings (SSSR count). The number of aromatic amines is 1. The summed E-state index contributed by atoms with van der Waals surface area (Å²) in [5.74, 6) is 0. The highest BCUT2D eigenvalue weighted by molar-refractivity contribution is 5.83. The molecule has 0 aliphatic heterocycles. The van der Waals surface area contributed by atoms with E-state index in [0.29, 0.717) is 6.54 Å². The van der Waals surface area contributed by atoms with Crippen LogP contribution in [0.1, 0.15) is 27.8 Å². The zero-order valence-corrected chi connectivity index (χ0v) is 14.6. The molecule has 2 N–H and O–H groups in total. The lowest BCUT2D eigenvalue weighted by atomic mass is 10.0.